The maximum Gasteiger partial charge on any atom is 0.330 e. The summed E-state index contributed by atoms with van der Waals surface area (Å²) in [6.07, 6.45) is 3.05. The van der Waals surface area contributed by atoms with Gasteiger partial charge in [-0.05, 0) is 48.3 Å². The summed E-state index contributed by atoms with van der Waals surface area (Å²) in [4.78, 5) is 11.3. The third-order valence-corrected chi connectivity index (χ3v) is 8.96. The van der Waals surface area contributed by atoms with Crippen molar-refractivity contribution in [2.45, 2.75) is 52.4 Å². The van der Waals surface area contributed by atoms with Crippen LogP contribution in [0.25, 0.3) is 6.08 Å². The van der Waals surface area contributed by atoms with E-state index >= 15 is 0 Å². The van der Waals surface area contributed by atoms with Crippen LogP contribution in [-0.2, 0) is 20.6 Å². The zero-order chi connectivity index (χ0) is 17.7. The molecule has 0 N–H and O–H groups in total. The van der Waals surface area contributed by atoms with E-state index in [0.29, 0.717) is 18.2 Å². The molecule has 0 aliphatic carbocycles. The van der Waals surface area contributed by atoms with Crippen LogP contribution in [0, 0.1) is 0 Å². The smallest absolute Gasteiger partial charge is 0.330 e. The Hall–Kier alpha value is -1.10. The second-order valence-corrected chi connectivity index (χ2v) is 12.2. The monoisotopic (exact) mass is 354 g/mol. The SMILES string of the molecule is CCOC(=O)/C=C/c1ccc(CO[Si](C)(C)C(C)(C)C)cc1Cl. The van der Waals surface area contributed by atoms with Gasteiger partial charge in [0.05, 0.1) is 13.2 Å². The van der Waals surface area contributed by atoms with E-state index in [9.17, 15) is 4.79 Å². The quantitative estimate of drug-likeness (QED) is 0.387. The summed E-state index contributed by atoms with van der Waals surface area (Å²) in [5.41, 5.74) is 1.82. The number of hydrogen-bond acceptors (Lipinski definition) is 3. The number of carbonyl (C=O) groups excluding carboxylic acids is 1. The maximum absolute atomic E-state index is 11.3. The first kappa shape index (κ1) is 19.9. The van der Waals surface area contributed by atoms with Gasteiger partial charge in [0.15, 0.2) is 8.32 Å². The normalized spacial score (nSPS) is 12.7. The first-order chi connectivity index (χ1) is 10.6. The molecule has 23 heavy (non-hydrogen) atoms. The van der Waals surface area contributed by atoms with Crippen LogP contribution in [0.15, 0.2) is 24.3 Å². The highest BCUT2D eigenvalue weighted by Crippen LogP contribution is 2.37. The molecule has 0 unspecified atom stereocenters. The molecule has 1 rings (SSSR count). The van der Waals surface area contributed by atoms with Crippen LogP contribution in [0.3, 0.4) is 0 Å². The number of hydrogen-bond donors (Lipinski definition) is 0. The lowest BCUT2D eigenvalue weighted by Crippen LogP contribution is -2.40. The summed E-state index contributed by atoms with van der Waals surface area (Å²) >= 11 is 6.28. The zero-order valence-electron chi connectivity index (χ0n) is 14.9. The van der Waals surface area contributed by atoms with E-state index in [1.165, 1.54) is 6.08 Å². The fourth-order valence-corrected chi connectivity index (χ4v) is 2.85. The minimum Gasteiger partial charge on any atom is -0.463 e. The molecule has 5 heteroatoms. The average molecular weight is 355 g/mol. The standard InChI is InChI=1S/C18H27ClO3Si/c1-7-21-17(20)11-10-15-9-8-14(12-16(15)19)13-22-23(5,6)18(2,3)4/h8-12H,7,13H2,1-6H3/b11-10+. The molecule has 0 heterocycles. The molecule has 0 radical (unpaired) electrons. The van der Waals surface area contributed by atoms with Crippen molar-refractivity contribution in [1.82, 2.24) is 0 Å². The van der Waals surface area contributed by atoms with Crippen LogP contribution in [-0.4, -0.2) is 20.9 Å². The van der Waals surface area contributed by atoms with E-state index in [1.807, 2.05) is 18.2 Å². The van der Waals surface area contributed by atoms with Crippen molar-refractivity contribution < 1.29 is 14.0 Å². The Morgan fingerprint density at radius 1 is 1.30 bits per heavy atom. The summed E-state index contributed by atoms with van der Waals surface area (Å²) in [5, 5.41) is 0.779. The van der Waals surface area contributed by atoms with E-state index < -0.39 is 8.32 Å². The van der Waals surface area contributed by atoms with E-state index in [0.717, 1.165) is 11.1 Å². The molecule has 0 bridgehead atoms. The van der Waals surface area contributed by atoms with Gasteiger partial charge in [0.25, 0.3) is 0 Å². The van der Waals surface area contributed by atoms with Crippen molar-refractivity contribution in [3.63, 3.8) is 0 Å². The Balaban J connectivity index is 2.75. The molecule has 0 amide bonds. The summed E-state index contributed by atoms with van der Waals surface area (Å²) in [7, 11) is -1.78. The number of rotatable bonds is 6. The Kier molecular flexibility index (Phi) is 7.05. The van der Waals surface area contributed by atoms with Crippen LogP contribution in [0.2, 0.25) is 23.2 Å². The topological polar surface area (TPSA) is 35.5 Å². The average Bonchev–Trinajstić information content (AvgIpc) is 2.43. The number of esters is 1. The molecule has 0 saturated heterocycles. The van der Waals surface area contributed by atoms with Crippen LogP contribution in [0.4, 0.5) is 0 Å². The molecule has 3 nitrogen and oxygen atoms in total. The van der Waals surface area contributed by atoms with Gasteiger partial charge in [0, 0.05) is 11.1 Å². The fraction of sp³-hybridized carbons (Fsp3) is 0.500. The van der Waals surface area contributed by atoms with Gasteiger partial charge in [-0.25, -0.2) is 4.79 Å². The Morgan fingerprint density at radius 3 is 2.48 bits per heavy atom. The molecular formula is C18H27ClO3Si. The minimum atomic E-state index is -1.78. The summed E-state index contributed by atoms with van der Waals surface area (Å²) < 4.78 is 11.0. The van der Waals surface area contributed by atoms with Crippen molar-refractivity contribution in [2.75, 3.05) is 6.61 Å². The molecule has 1 aromatic rings. The zero-order valence-corrected chi connectivity index (χ0v) is 16.7. The van der Waals surface area contributed by atoms with Gasteiger partial charge in [-0.1, -0.05) is 44.5 Å². The first-order valence-electron chi connectivity index (χ1n) is 7.84. The van der Waals surface area contributed by atoms with Gasteiger partial charge >= 0.3 is 5.97 Å². The fourth-order valence-electron chi connectivity index (χ4n) is 1.62. The first-order valence-corrected chi connectivity index (χ1v) is 11.1. The molecule has 128 valence electrons. The molecule has 1 aromatic carbocycles. The molecule has 0 aliphatic heterocycles. The van der Waals surface area contributed by atoms with Crippen molar-refractivity contribution in [3.05, 3.63) is 40.4 Å². The Labute approximate surface area is 145 Å². The third-order valence-electron chi connectivity index (χ3n) is 4.16. The number of benzene rings is 1. The highest BCUT2D eigenvalue weighted by atomic mass is 35.5. The van der Waals surface area contributed by atoms with Gasteiger partial charge in [0.2, 0.25) is 0 Å². The van der Waals surface area contributed by atoms with E-state index in [-0.39, 0.29) is 11.0 Å². The molecule has 0 spiro atoms. The Morgan fingerprint density at radius 2 is 1.96 bits per heavy atom. The molecule has 0 fully saturated rings. The third kappa shape index (κ3) is 6.13. The van der Waals surface area contributed by atoms with Gasteiger partial charge in [-0.3, -0.25) is 0 Å². The van der Waals surface area contributed by atoms with Gasteiger partial charge < -0.3 is 9.16 Å². The number of ether oxygens (including phenoxy) is 1. The summed E-state index contributed by atoms with van der Waals surface area (Å²) in [5.74, 6) is -0.367. The molecule has 0 atom stereocenters. The van der Waals surface area contributed by atoms with E-state index in [2.05, 4.69) is 33.9 Å². The summed E-state index contributed by atoms with van der Waals surface area (Å²) in [6.45, 7) is 13.8. The lowest BCUT2D eigenvalue weighted by atomic mass is 10.1. The van der Waals surface area contributed by atoms with Crippen molar-refractivity contribution in [1.29, 1.82) is 0 Å². The predicted octanol–water partition coefficient (Wildman–Crippen LogP) is 5.44. The Bertz CT molecular complexity index is 574. The largest absolute Gasteiger partial charge is 0.463 e. The molecular weight excluding hydrogens is 328 g/mol. The van der Waals surface area contributed by atoms with Crippen LogP contribution in [0.1, 0.15) is 38.8 Å². The van der Waals surface area contributed by atoms with Crippen LogP contribution in [0.5, 0.6) is 0 Å². The lowest BCUT2D eigenvalue weighted by molar-refractivity contribution is -0.137. The second-order valence-electron chi connectivity index (χ2n) is 6.99. The van der Waals surface area contributed by atoms with Crippen LogP contribution < -0.4 is 0 Å². The van der Waals surface area contributed by atoms with Crippen molar-refractivity contribution in [2.24, 2.45) is 0 Å². The molecule has 0 aromatic heterocycles. The van der Waals surface area contributed by atoms with Gasteiger partial charge in [0.1, 0.15) is 0 Å². The second kappa shape index (κ2) is 8.13. The lowest BCUT2D eigenvalue weighted by Gasteiger charge is -2.36. The van der Waals surface area contributed by atoms with Gasteiger partial charge in [-0.2, -0.15) is 0 Å². The number of halogens is 1. The maximum atomic E-state index is 11.3. The predicted molar refractivity (Wildman–Crippen MR) is 99.1 cm³/mol. The summed E-state index contributed by atoms with van der Waals surface area (Å²) in [6, 6.07) is 5.76. The van der Waals surface area contributed by atoms with E-state index in [1.54, 1.807) is 13.0 Å². The number of carbonyl (C=O) groups is 1. The highest BCUT2D eigenvalue weighted by molar-refractivity contribution is 6.74. The minimum absolute atomic E-state index is 0.180. The van der Waals surface area contributed by atoms with Crippen molar-refractivity contribution in [3.8, 4) is 0 Å². The highest BCUT2D eigenvalue weighted by Gasteiger charge is 2.36. The van der Waals surface area contributed by atoms with E-state index in [4.69, 9.17) is 20.8 Å². The molecule has 0 saturated carbocycles. The molecule has 0 aliphatic rings. The van der Waals surface area contributed by atoms with Crippen molar-refractivity contribution >= 4 is 32.0 Å². The van der Waals surface area contributed by atoms with Crippen LogP contribution >= 0.6 is 11.6 Å². The van der Waals surface area contributed by atoms with Gasteiger partial charge in [-0.15, -0.1) is 0 Å².